The second-order valence-corrected chi connectivity index (χ2v) is 3.23. The van der Waals surface area contributed by atoms with Crippen LogP contribution in [-0.2, 0) is 0 Å². The molecular weight excluding hydrogens is 132 g/mol. The summed E-state index contributed by atoms with van der Waals surface area (Å²) < 4.78 is 0. The maximum Gasteiger partial charge on any atom is 0.0202 e. The van der Waals surface area contributed by atoms with Gasteiger partial charge in [-0.2, -0.15) is 0 Å². The van der Waals surface area contributed by atoms with Gasteiger partial charge in [-0.05, 0) is 11.8 Å². The lowest BCUT2D eigenvalue weighted by Gasteiger charge is -2.20. The molecule has 0 aromatic heterocycles. The SMILES string of the molecule is [CH2]C#CC(C)C(C)C(C)C[CH2]. The largest absolute Gasteiger partial charge is 0.102 e. The quantitative estimate of drug-likeness (QED) is 0.543. The first-order valence-electron chi connectivity index (χ1n) is 4.20. The first-order chi connectivity index (χ1) is 5.13. The smallest absolute Gasteiger partial charge is 0.0202 e. The van der Waals surface area contributed by atoms with Crippen LogP contribution in [0.15, 0.2) is 0 Å². The standard InChI is InChI=1S/C11H18/c1-6-8-10(4)11(5)9(3)7-2/h9-11H,1-2,7H2,3-5H3. The van der Waals surface area contributed by atoms with E-state index < -0.39 is 0 Å². The van der Waals surface area contributed by atoms with E-state index in [0.717, 1.165) is 6.42 Å². The van der Waals surface area contributed by atoms with Crippen molar-refractivity contribution in [2.24, 2.45) is 17.8 Å². The minimum atomic E-state index is 0.448. The molecule has 62 valence electrons. The zero-order chi connectivity index (χ0) is 8.85. The summed E-state index contributed by atoms with van der Waals surface area (Å²) in [5.74, 6) is 7.51. The van der Waals surface area contributed by atoms with Gasteiger partial charge in [0.15, 0.2) is 0 Å². The number of hydrogen-bond acceptors (Lipinski definition) is 0. The molecule has 11 heavy (non-hydrogen) atoms. The fourth-order valence-corrected chi connectivity index (χ4v) is 1.05. The van der Waals surface area contributed by atoms with Crippen LogP contribution in [-0.4, -0.2) is 0 Å². The summed E-state index contributed by atoms with van der Waals surface area (Å²) in [6.07, 6.45) is 0.990. The molecule has 0 N–H and O–H groups in total. The van der Waals surface area contributed by atoms with Crippen LogP contribution in [0.5, 0.6) is 0 Å². The summed E-state index contributed by atoms with van der Waals surface area (Å²) in [6.45, 7) is 14.0. The minimum absolute atomic E-state index is 0.448. The maximum absolute atomic E-state index is 3.89. The van der Waals surface area contributed by atoms with Crippen molar-refractivity contribution >= 4 is 0 Å². The number of rotatable bonds is 3. The van der Waals surface area contributed by atoms with Crippen LogP contribution in [0, 0.1) is 43.4 Å². The third kappa shape index (κ3) is 3.46. The molecule has 0 fully saturated rings. The molecule has 0 amide bonds. The fraction of sp³-hybridized carbons (Fsp3) is 0.636. The zero-order valence-electron chi connectivity index (χ0n) is 7.85. The van der Waals surface area contributed by atoms with Crippen molar-refractivity contribution in [3.05, 3.63) is 13.8 Å². The van der Waals surface area contributed by atoms with E-state index >= 15 is 0 Å². The highest BCUT2D eigenvalue weighted by Gasteiger charge is 2.15. The lowest BCUT2D eigenvalue weighted by molar-refractivity contribution is 0.329. The van der Waals surface area contributed by atoms with E-state index in [9.17, 15) is 0 Å². The predicted octanol–water partition coefficient (Wildman–Crippen LogP) is 2.96. The molecule has 0 aliphatic heterocycles. The van der Waals surface area contributed by atoms with Gasteiger partial charge in [-0.25, -0.2) is 0 Å². The van der Waals surface area contributed by atoms with Crippen LogP contribution in [0.25, 0.3) is 0 Å². The van der Waals surface area contributed by atoms with Crippen LogP contribution < -0.4 is 0 Å². The second kappa shape index (κ2) is 5.24. The van der Waals surface area contributed by atoms with Crippen molar-refractivity contribution in [3.8, 4) is 11.8 Å². The van der Waals surface area contributed by atoms with Gasteiger partial charge in [-0.3, -0.25) is 0 Å². The molecule has 3 atom stereocenters. The second-order valence-electron chi connectivity index (χ2n) is 3.23. The van der Waals surface area contributed by atoms with E-state index in [4.69, 9.17) is 0 Å². The van der Waals surface area contributed by atoms with Gasteiger partial charge in [0, 0.05) is 12.8 Å². The summed E-state index contributed by atoms with van der Waals surface area (Å²) >= 11 is 0. The minimum Gasteiger partial charge on any atom is -0.102 e. The summed E-state index contributed by atoms with van der Waals surface area (Å²) in [4.78, 5) is 0. The molecule has 0 aromatic carbocycles. The lowest BCUT2D eigenvalue weighted by Crippen LogP contribution is -2.14. The van der Waals surface area contributed by atoms with E-state index in [1.165, 1.54) is 0 Å². The molecule has 0 heteroatoms. The lowest BCUT2D eigenvalue weighted by atomic mass is 9.84. The number of hydrogen-bond donors (Lipinski definition) is 0. The van der Waals surface area contributed by atoms with Crippen molar-refractivity contribution < 1.29 is 0 Å². The van der Waals surface area contributed by atoms with Gasteiger partial charge < -0.3 is 0 Å². The Balaban J connectivity index is 3.97. The van der Waals surface area contributed by atoms with Crippen LogP contribution in [0.4, 0.5) is 0 Å². The average molecular weight is 150 g/mol. The Morgan fingerprint density at radius 1 is 1.27 bits per heavy atom. The monoisotopic (exact) mass is 150 g/mol. The molecule has 2 radical (unpaired) electrons. The fourth-order valence-electron chi connectivity index (χ4n) is 1.05. The molecule has 0 saturated carbocycles. The van der Waals surface area contributed by atoms with Crippen LogP contribution in [0.1, 0.15) is 27.2 Å². The third-order valence-electron chi connectivity index (χ3n) is 2.47. The Hall–Kier alpha value is -0.440. The highest BCUT2D eigenvalue weighted by atomic mass is 14.2. The van der Waals surface area contributed by atoms with E-state index in [-0.39, 0.29) is 0 Å². The van der Waals surface area contributed by atoms with Crippen LogP contribution >= 0.6 is 0 Å². The topological polar surface area (TPSA) is 0 Å². The Morgan fingerprint density at radius 3 is 2.18 bits per heavy atom. The van der Waals surface area contributed by atoms with Gasteiger partial charge in [-0.15, -0.1) is 5.92 Å². The van der Waals surface area contributed by atoms with Gasteiger partial charge in [0.05, 0.1) is 0 Å². The van der Waals surface area contributed by atoms with Gasteiger partial charge in [0.25, 0.3) is 0 Å². The molecule has 0 aliphatic carbocycles. The Bertz CT molecular complexity index is 147. The zero-order valence-corrected chi connectivity index (χ0v) is 7.85. The summed E-state index contributed by atoms with van der Waals surface area (Å²) in [7, 11) is 0. The molecule has 0 aliphatic rings. The molecule has 0 spiro atoms. The normalized spacial score (nSPS) is 17.9. The van der Waals surface area contributed by atoms with Crippen molar-refractivity contribution in [1.82, 2.24) is 0 Å². The molecule has 3 unspecified atom stereocenters. The summed E-state index contributed by atoms with van der Waals surface area (Å²) in [5, 5.41) is 0. The average Bonchev–Trinajstić information content (AvgIpc) is 2.02. The molecular formula is C11H18. The molecule has 0 aromatic rings. The van der Waals surface area contributed by atoms with E-state index in [2.05, 4.69) is 46.5 Å². The van der Waals surface area contributed by atoms with E-state index in [0.29, 0.717) is 17.8 Å². The van der Waals surface area contributed by atoms with Crippen molar-refractivity contribution in [2.75, 3.05) is 0 Å². The molecule has 0 saturated heterocycles. The first-order valence-corrected chi connectivity index (χ1v) is 4.20. The predicted molar refractivity (Wildman–Crippen MR) is 50.6 cm³/mol. The highest BCUT2D eigenvalue weighted by molar-refractivity contribution is 5.06. The van der Waals surface area contributed by atoms with E-state index in [1.807, 2.05) is 0 Å². The van der Waals surface area contributed by atoms with Gasteiger partial charge in [-0.1, -0.05) is 40.0 Å². The molecule has 0 heterocycles. The van der Waals surface area contributed by atoms with Gasteiger partial charge >= 0.3 is 0 Å². The van der Waals surface area contributed by atoms with Crippen LogP contribution in [0.3, 0.4) is 0 Å². The Kier molecular flexibility index (Phi) is 5.03. The van der Waals surface area contributed by atoms with Crippen molar-refractivity contribution in [1.29, 1.82) is 0 Å². The van der Waals surface area contributed by atoms with E-state index in [1.54, 1.807) is 0 Å². The summed E-state index contributed by atoms with van der Waals surface area (Å²) in [5.41, 5.74) is 0. The van der Waals surface area contributed by atoms with Crippen LogP contribution in [0.2, 0.25) is 0 Å². The summed E-state index contributed by atoms with van der Waals surface area (Å²) in [6, 6.07) is 0. The van der Waals surface area contributed by atoms with Crippen molar-refractivity contribution in [2.45, 2.75) is 27.2 Å². The van der Waals surface area contributed by atoms with Gasteiger partial charge in [0.1, 0.15) is 0 Å². The highest BCUT2D eigenvalue weighted by Crippen LogP contribution is 2.21. The Labute approximate surface area is 71.4 Å². The first kappa shape index (κ1) is 10.6. The Morgan fingerprint density at radius 2 is 1.82 bits per heavy atom. The third-order valence-corrected chi connectivity index (χ3v) is 2.47. The molecule has 0 nitrogen and oxygen atoms in total. The van der Waals surface area contributed by atoms with Crippen molar-refractivity contribution in [3.63, 3.8) is 0 Å². The van der Waals surface area contributed by atoms with Gasteiger partial charge in [0.2, 0.25) is 0 Å². The molecule has 0 rings (SSSR count). The molecule has 0 bridgehead atoms. The maximum atomic E-state index is 3.89.